The molecule has 2 aromatic heterocycles. The van der Waals surface area contributed by atoms with Gasteiger partial charge in [0, 0.05) is 13.0 Å². The summed E-state index contributed by atoms with van der Waals surface area (Å²) in [7, 11) is -4.10. The average Bonchev–Trinajstić information content (AvgIpc) is 3.31. The molecule has 0 saturated heterocycles. The number of hydrogen-bond acceptors (Lipinski definition) is 11. The monoisotopic (exact) mass is 483 g/mol. The Balaban J connectivity index is 1.46. The largest absolute Gasteiger partial charge is 0.388 e. The molecule has 2 heterocycles. The first-order chi connectivity index (χ1) is 15.7. The summed E-state index contributed by atoms with van der Waals surface area (Å²) in [5.74, 6) is 0.0198. The van der Waals surface area contributed by atoms with E-state index in [1.54, 1.807) is 12.1 Å². The lowest BCUT2D eigenvalue weighted by Crippen LogP contribution is -2.33. The van der Waals surface area contributed by atoms with Crippen LogP contribution in [0.3, 0.4) is 0 Å². The van der Waals surface area contributed by atoms with Crippen molar-refractivity contribution in [1.82, 2.24) is 25.0 Å². The zero-order chi connectivity index (χ0) is 23.6. The topological polar surface area (TPSA) is 188 Å². The molecular weight excluding hydrogens is 461 g/mol. The molecule has 33 heavy (non-hydrogen) atoms. The first-order valence-corrected chi connectivity index (χ1v) is 11.4. The predicted molar refractivity (Wildman–Crippen MR) is 111 cm³/mol. The number of aromatic nitrogens is 5. The molecule has 13 nitrogen and oxygen atoms in total. The summed E-state index contributed by atoms with van der Waals surface area (Å²) in [6.07, 6.45) is -1.84. The number of ether oxygens (including phenoxy) is 1. The second kappa shape index (κ2) is 9.58. The average molecular weight is 483 g/mol. The smallest absolute Gasteiger partial charge is 0.333 e. The Kier molecular flexibility index (Phi) is 6.78. The van der Waals surface area contributed by atoms with Gasteiger partial charge in [0.15, 0.2) is 17.0 Å². The lowest BCUT2D eigenvalue weighted by molar-refractivity contribution is -0.0612. The highest BCUT2D eigenvalue weighted by atomic mass is 32.2. The zero-order valence-corrected chi connectivity index (χ0v) is 18.0. The van der Waals surface area contributed by atoms with Crippen LogP contribution in [0.15, 0.2) is 30.6 Å². The Labute approximate surface area is 187 Å². The van der Waals surface area contributed by atoms with E-state index in [9.17, 15) is 23.0 Å². The summed E-state index contributed by atoms with van der Waals surface area (Å²) in [6, 6.07) is 5.40. The van der Waals surface area contributed by atoms with E-state index in [1.165, 1.54) is 23.1 Å². The van der Waals surface area contributed by atoms with Gasteiger partial charge in [-0.1, -0.05) is 17.3 Å². The van der Waals surface area contributed by atoms with Gasteiger partial charge in [-0.25, -0.2) is 24.2 Å². The molecule has 1 aliphatic carbocycles. The fraction of sp³-hybridized carbons (Fsp3) is 0.444. The molecule has 1 aliphatic rings. The van der Waals surface area contributed by atoms with Gasteiger partial charge in [0.05, 0.1) is 25.4 Å². The van der Waals surface area contributed by atoms with Crippen LogP contribution in [0.2, 0.25) is 0 Å². The van der Waals surface area contributed by atoms with Crippen molar-refractivity contribution in [2.24, 2.45) is 5.14 Å². The summed E-state index contributed by atoms with van der Waals surface area (Å²) in [4.78, 5) is 8.36. The summed E-state index contributed by atoms with van der Waals surface area (Å²) in [5, 5.41) is 36.9. The van der Waals surface area contributed by atoms with Crippen LogP contribution in [0.25, 0.3) is 11.2 Å². The molecule has 1 saturated carbocycles. The van der Waals surface area contributed by atoms with E-state index in [2.05, 4.69) is 29.8 Å². The standard InChI is InChI=1S/C18H22FN7O6S/c19-11-3-1-2-10(6-11)8-21-17-14-18(23-9-22-17)26(25-24-14)12-7-13(16(28)15(12)27)31-4-5-32-33(20,29)30/h1-3,6,9,12-13,15-16,27-28H,4-5,7-8H2,(H2,20,29,30)(H,21,22,23)/t12-,13+,15+,16-/m0/s1. The van der Waals surface area contributed by atoms with Crippen molar-refractivity contribution in [2.45, 2.75) is 37.3 Å². The molecule has 1 fully saturated rings. The van der Waals surface area contributed by atoms with Crippen molar-refractivity contribution in [3.63, 3.8) is 0 Å². The molecule has 4 atom stereocenters. The summed E-state index contributed by atoms with van der Waals surface area (Å²) < 4.78 is 46.2. The van der Waals surface area contributed by atoms with E-state index in [1.807, 2.05) is 0 Å². The first-order valence-electron chi connectivity index (χ1n) is 9.92. The third kappa shape index (κ3) is 5.40. The van der Waals surface area contributed by atoms with Crippen LogP contribution >= 0.6 is 0 Å². The number of hydrogen-bond donors (Lipinski definition) is 4. The van der Waals surface area contributed by atoms with Crippen LogP contribution in [0.4, 0.5) is 10.2 Å². The Morgan fingerprint density at radius 2 is 2.06 bits per heavy atom. The van der Waals surface area contributed by atoms with E-state index >= 15 is 0 Å². The Bertz CT molecular complexity index is 1230. The number of benzene rings is 1. The lowest BCUT2D eigenvalue weighted by Gasteiger charge is -2.17. The predicted octanol–water partition coefficient (Wildman–Crippen LogP) is -0.756. The highest BCUT2D eigenvalue weighted by Crippen LogP contribution is 2.34. The molecule has 178 valence electrons. The van der Waals surface area contributed by atoms with Gasteiger partial charge in [0.25, 0.3) is 0 Å². The van der Waals surface area contributed by atoms with E-state index < -0.39 is 34.7 Å². The summed E-state index contributed by atoms with van der Waals surface area (Å²) in [6.45, 7) is -0.202. The fourth-order valence-corrected chi connectivity index (χ4v) is 3.98. The minimum atomic E-state index is -4.10. The van der Waals surface area contributed by atoms with Crippen LogP contribution in [-0.4, -0.2) is 75.1 Å². The number of nitrogens with two attached hydrogens (primary N) is 1. The highest BCUT2D eigenvalue weighted by molar-refractivity contribution is 7.84. The number of fused-ring (bicyclic) bond motifs is 1. The van der Waals surface area contributed by atoms with E-state index in [-0.39, 0.29) is 32.0 Å². The first kappa shape index (κ1) is 23.3. The SMILES string of the molecule is NS(=O)(=O)OCCO[C@@H]1C[C@H](n2nnc3c(NCc4cccc(F)c4)ncnc32)[C@@H](O)[C@H]1O. The van der Waals surface area contributed by atoms with Gasteiger partial charge < -0.3 is 20.3 Å². The molecule has 0 radical (unpaired) electrons. The third-order valence-electron chi connectivity index (χ3n) is 5.19. The van der Waals surface area contributed by atoms with Gasteiger partial charge >= 0.3 is 10.3 Å². The second-order valence-corrected chi connectivity index (χ2v) is 8.64. The normalized spacial score (nSPS) is 23.3. The second-order valence-electron chi connectivity index (χ2n) is 7.42. The lowest BCUT2D eigenvalue weighted by atomic mass is 10.2. The third-order valence-corrected chi connectivity index (χ3v) is 5.68. The Morgan fingerprint density at radius 1 is 1.24 bits per heavy atom. The highest BCUT2D eigenvalue weighted by Gasteiger charge is 2.44. The molecule has 3 aromatic rings. The molecule has 0 amide bonds. The van der Waals surface area contributed by atoms with Gasteiger partial charge in [-0.3, -0.25) is 4.18 Å². The van der Waals surface area contributed by atoms with Crippen molar-refractivity contribution >= 4 is 27.3 Å². The van der Waals surface area contributed by atoms with Crippen molar-refractivity contribution in [1.29, 1.82) is 0 Å². The maximum atomic E-state index is 13.4. The van der Waals surface area contributed by atoms with Gasteiger partial charge in [-0.15, -0.1) is 5.10 Å². The maximum absolute atomic E-state index is 13.4. The van der Waals surface area contributed by atoms with Crippen molar-refractivity contribution in [3.05, 3.63) is 42.0 Å². The van der Waals surface area contributed by atoms with Crippen LogP contribution in [-0.2, 0) is 25.8 Å². The molecule has 0 unspecified atom stereocenters. The number of halogens is 1. The number of rotatable bonds is 9. The Hall–Kier alpha value is -2.82. The minimum Gasteiger partial charge on any atom is -0.388 e. The fourth-order valence-electron chi connectivity index (χ4n) is 3.68. The van der Waals surface area contributed by atoms with Crippen LogP contribution in [0.1, 0.15) is 18.0 Å². The quantitative estimate of drug-likeness (QED) is 0.280. The van der Waals surface area contributed by atoms with Gasteiger partial charge in [-0.2, -0.15) is 8.42 Å². The van der Waals surface area contributed by atoms with E-state index in [0.29, 0.717) is 22.5 Å². The number of aliphatic hydroxyl groups is 2. The van der Waals surface area contributed by atoms with Gasteiger partial charge in [-0.05, 0) is 17.7 Å². The van der Waals surface area contributed by atoms with Crippen LogP contribution in [0.5, 0.6) is 0 Å². The van der Waals surface area contributed by atoms with Gasteiger partial charge in [0.2, 0.25) is 0 Å². The minimum absolute atomic E-state index is 0.159. The molecule has 0 bridgehead atoms. The van der Waals surface area contributed by atoms with Crippen LogP contribution < -0.4 is 10.5 Å². The van der Waals surface area contributed by atoms with Crippen molar-refractivity contribution < 1.29 is 31.9 Å². The summed E-state index contributed by atoms with van der Waals surface area (Å²) >= 11 is 0. The summed E-state index contributed by atoms with van der Waals surface area (Å²) in [5.41, 5.74) is 1.36. The molecule has 1 aromatic carbocycles. The van der Waals surface area contributed by atoms with E-state index in [4.69, 9.17) is 9.88 Å². The maximum Gasteiger partial charge on any atom is 0.333 e. The van der Waals surface area contributed by atoms with E-state index in [0.717, 1.165) is 0 Å². The molecule has 4 rings (SSSR count). The molecule has 5 N–H and O–H groups in total. The number of nitrogens with one attached hydrogen (secondary N) is 1. The molecule has 0 spiro atoms. The number of anilines is 1. The van der Waals surface area contributed by atoms with Crippen molar-refractivity contribution in [3.8, 4) is 0 Å². The molecule has 15 heteroatoms. The van der Waals surface area contributed by atoms with Crippen molar-refractivity contribution in [2.75, 3.05) is 18.5 Å². The molecule has 0 aliphatic heterocycles. The van der Waals surface area contributed by atoms with Crippen LogP contribution in [0, 0.1) is 5.82 Å². The number of nitrogens with zero attached hydrogens (tertiary/aromatic N) is 5. The molecular formula is C18H22FN7O6S. The van der Waals surface area contributed by atoms with Gasteiger partial charge in [0.1, 0.15) is 24.4 Å². The number of aliphatic hydroxyl groups excluding tert-OH is 2. The zero-order valence-electron chi connectivity index (χ0n) is 17.2. The Morgan fingerprint density at radius 3 is 2.82 bits per heavy atom.